The van der Waals surface area contributed by atoms with Crippen LogP contribution in [0.5, 0.6) is 0 Å². The summed E-state index contributed by atoms with van der Waals surface area (Å²) in [7, 11) is 0. The van der Waals surface area contributed by atoms with E-state index in [4.69, 9.17) is 12.2 Å². The van der Waals surface area contributed by atoms with E-state index >= 15 is 0 Å². The maximum Gasteiger partial charge on any atom is 0.248 e. The van der Waals surface area contributed by atoms with Crippen LogP contribution >= 0.6 is 0 Å². The van der Waals surface area contributed by atoms with Gasteiger partial charge in [-0.2, -0.15) is 0 Å². The van der Waals surface area contributed by atoms with Crippen LogP contribution in [-0.2, 0) is 13.1 Å². The van der Waals surface area contributed by atoms with E-state index in [0.29, 0.717) is 12.1 Å². The Hall–Kier alpha value is -1.79. The summed E-state index contributed by atoms with van der Waals surface area (Å²) in [6.07, 6.45) is 5.26. The molecule has 2 N–H and O–H groups in total. The standard InChI is InChI=1S/C12H12N2O/c1-2-5-14-7-10-4-3-9(12(13)15)6-11(10)8-14/h1,3-4,6H,5,7-8H2,(H2,13,15). The predicted molar refractivity (Wildman–Crippen MR) is 57.9 cm³/mol. The molecule has 1 aliphatic rings. The van der Waals surface area contributed by atoms with Crippen molar-refractivity contribution in [1.29, 1.82) is 0 Å². The molecule has 0 atom stereocenters. The minimum atomic E-state index is -0.381. The Morgan fingerprint density at radius 3 is 2.87 bits per heavy atom. The molecule has 1 heterocycles. The van der Waals surface area contributed by atoms with Crippen molar-refractivity contribution in [1.82, 2.24) is 4.90 Å². The number of carbonyl (C=O) groups excluding carboxylic acids is 1. The van der Waals surface area contributed by atoms with Crippen molar-refractivity contribution in [2.24, 2.45) is 5.73 Å². The van der Waals surface area contributed by atoms with Gasteiger partial charge in [0.2, 0.25) is 5.91 Å². The van der Waals surface area contributed by atoms with E-state index < -0.39 is 0 Å². The zero-order valence-corrected chi connectivity index (χ0v) is 8.36. The average molecular weight is 200 g/mol. The number of nitrogens with two attached hydrogens (primary N) is 1. The van der Waals surface area contributed by atoms with E-state index in [-0.39, 0.29) is 5.91 Å². The Labute approximate surface area is 88.9 Å². The van der Waals surface area contributed by atoms with Crippen LogP contribution in [0.4, 0.5) is 0 Å². The maximum absolute atomic E-state index is 11.0. The molecular formula is C12H12N2O. The molecule has 2 rings (SSSR count). The van der Waals surface area contributed by atoms with Crippen molar-refractivity contribution in [3.63, 3.8) is 0 Å². The molecule has 1 aromatic carbocycles. The second-order valence-electron chi connectivity index (χ2n) is 3.70. The van der Waals surface area contributed by atoms with Gasteiger partial charge in [0.1, 0.15) is 0 Å². The molecule has 0 fully saturated rings. The predicted octanol–water partition coefficient (Wildman–Crippen LogP) is 0.734. The van der Waals surface area contributed by atoms with Crippen LogP contribution in [0.2, 0.25) is 0 Å². The Bertz CT molecular complexity index is 445. The van der Waals surface area contributed by atoms with Gasteiger partial charge in [-0.25, -0.2) is 0 Å². The summed E-state index contributed by atoms with van der Waals surface area (Å²) in [5.74, 6) is 2.23. The van der Waals surface area contributed by atoms with Crippen molar-refractivity contribution in [2.75, 3.05) is 6.54 Å². The minimum absolute atomic E-state index is 0.381. The number of hydrogen-bond donors (Lipinski definition) is 1. The van der Waals surface area contributed by atoms with Crippen LogP contribution < -0.4 is 5.73 Å². The van der Waals surface area contributed by atoms with Gasteiger partial charge in [0.05, 0.1) is 6.54 Å². The summed E-state index contributed by atoms with van der Waals surface area (Å²) >= 11 is 0. The second-order valence-corrected chi connectivity index (χ2v) is 3.70. The fourth-order valence-electron chi connectivity index (χ4n) is 1.86. The molecule has 0 saturated carbocycles. The third-order valence-electron chi connectivity index (χ3n) is 2.59. The number of primary amides is 1. The van der Waals surface area contributed by atoms with E-state index in [9.17, 15) is 4.79 Å². The molecule has 3 heteroatoms. The molecule has 15 heavy (non-hydrogen) atoms. The van der Waals surface area contributed by atoms with Crippen LogP contribution in [0.25, 0.3) is 0 Å². The van der Waals surface area contributed by atoms with Gasteiger partial charge in [-0.15, -0.1) is 6.42 Å². The zero-order valence-electron chi connectivity index (χ0n) is 8.36. The summed E-state index contributed by atoms with van der Waals surface area (Å²) in [4.78, 5) is 13.1. The van der Waals surface area contributed by atoms with E-state index in [1.54, 1.807) is 6.07 Å². The Morgan fingerprint density at radius 1 is 1.47 bits per heavy atom. The number of hydrogen-bond acceptors (Lipinski definition) is 2. The highest BCUT2D eigenvalue weighted by molar-refractivity contribution is 5.93. The lowest BCUT2D eigenvalue weighted by molar-refractivity contribution is 0.1000. The van der Waals surface area contributed by atoms with E-state index in [1.165, 1.54) is 5.56 Å². The normalized spacial score (nSPS) is 14.6. The highest BCUT2D eigenvalue weighted by Crippen LogP contribution is 2.23. The SMILES string of the molecule is C#CCN1Cc2ccc(C(N)=O)cc2C1. The van der Waals surface area contributed by atoms with Crippen LogP contribution in [0.15, 0.2) is 18.2 Å². The molecule has 0 unspecified atom stereocenters. The number of fused-ring (bicyclic) bond motifs is 1. The molecule has 0 aromatic heterocycles. The molecule has 0 bridgehead atoms. The minimum Gasteiger partial charge on any atom is -0.366 e. The summed E-state index contributed by atoms with van der Waals surface area (Å²) in [5.41, 5.74) is 8.17. The first-order valence-electron chi connectivity index (χ1n) is 4.78. The molecule has 0 saturated heterocycles. The van der Waals surface area contributed by atoms with Gasteiger partial charge in [-0.3, -0.25) is 9.69 Å². The van der Waals surface area contributed by atoms with Crippen LogP contribution in [0.1, 0.15) is 21.5 Å². The first-order valence-corrected chi connectivity index (χ1v) is 4.78. The topological polar surface area (TPSA) is 46.3 Å². The fourth-order valence-corrected chi connectivity index (χ4v) is 1.86. The molecule has 0 aliphatic carbocycles. The Balaban J connectivity index is 2.24. The van der Waals surface area contributed by atoms with Crippen LogP contribution in [0, 0.1) is 12.3 Å². The number of amides is 1. The van der Waals surface area contributed by atoms with Crippen LogP contribution in [0.3, 0.4) is 0 Å². The van der Waals surface area contributed by atoms with Gasteiger partial charge < -0.3 is 5.73 Å². The van der Waals surface area contributed by atoms with Gasteiger partial charge in [0.25, 0.3) is 0 Å². The summed E-state index contributed by atoms with van der Waals surface area (Å²) in [6.45, 7) is 2.31. The van der Waals surface area contributed by atoms with Crippen molar-refractivity contribution in [2.45, 2.75) is 13.1 Å². The largest absolute Gasteiger partial charge is 0.366 e. The van der Waals surface area contributed by atoms with Crippen molar-refractivity contribution in [3.05, 3.63) is 34.9 Å². The fraction of sp³-hybridized carbons (Fsp3) is 0.250. The monoisotopic (exact) mass is 200 g/mol. The number of carbonyl (C=O) groups is 1. The average Bonchev–Trinajstić information content (AvgIpc) is 2.59. The molecule has 0 spiro atoms. The van der Waals surface area contributed by atoms with Crippen molar-refractivity contribution >= 4 is 5.91 Å². The Kier molecular flexibility index (Phi) is 2.44. The highest BCUT2D eigenvalue weighted by Gasteiger charge is 2.18. The second kappa shape index (κ2) is 3.76. The highest BCUT2D eigenvalue weighted by atomic mass is 16.1. The quantitative estimate of drug-likeness (QED) is 0.715. The van der Waals surface area contributed by atoms with Crippen molar-refractivity contribution in [3.8, 4) is 12.3 Å². The lowest BCUT2D eigenvalue weighted by Gasteiger charge is -2.08. The third kappa shape index (κ3) is 1.85. The number of rotatable bonds is 2. The van der Waals surface area contributed by atoms with Gasteiger partial charge in [-0.05, 0) is 23.3 Å². The van der Waals surface area contributed by atoms with Gasteiger partial charge in [-0.1, -0.05) is 12.0 Å². The lowest BCUT2D eigenvalue weighted by atomic mass is 10.1. The molecule has 0 radical (unpaired) electrons. The van der Waals surface area contributed by atoms with Gasteiger partial charge in [0, 0.05) is 18.7 Å². The van der Waals surface area contributed by atoms with E-state index in [1.807, 2.05) is 12.1 Å². The Morgan fingerprint density at radius 2 is 2.20 bits per heavy atom. The molecule has 1 amide bonds. The van der Waals surface area contributed by atoms with Gasteiger partial charge >= 0.3 is 0 Å². The number of benzene rings is 1. The third-order valence-corrected chi connectivity index (χ3v) is 2.59. The molecule has 76 valence electrons. The maximum atomic E-state index is 11.0. The van der Waals surface area contributed by atoms with Gasteiger partial charge in [0.15, 0.2) is 0 Å². The molecule has 1 aromatic rings. The van der Waals surface area contributed by atoms with E-state index in [0.717, 1.165) is 18.7 Å². The summed E-state index contributed by atoms with van der Waals surface area (Å²) < 4.78 is 0. The molecule has 3 nitrogen and oxygen atoms in total. The van der Waals surface area contributed by atoms with Crippen molar-refractivity contribution < 1.29 is 4.79 Å². The molecule has 1 aliphatic heterocycles. The number of terminal acetylenes is 1. The lowest BCUT2D eigenvalue weighted by Crippen LogP contribution is -2.15. The first-order chi connectivity index (χ1) is 7.20. The summed E-state index contributed by atoms with van der Waals surface area (Å²) in [6, 6.07) is 5.57. The van der Waals surface area contributed by atoms with E-state index in [2.05, 4.69) is 10.8 Å². The summed E-state index contributed by atoms with van der Waals surface area (Å²) in [5, 5.41) is 0. The molecular weight excluding hydrogens is 188 g/mol. The number of nitrogens with zero attached hydrogens (tertiary/aromatic N) is 1. The van der Waals surface area contributed by atoms with Crippen LogP contribution in [-0.4, -0.2) is 17.4 Å². The first kappa shape index (κ1) is 9.75. The zero-order chi connectivity index (χ0) is 10.8. The smallest absolute Gasteiger partial charge is 0.248 e.